The second-order valence-corrected chi connectivity index (χ2v) is 6.32. The largest absolute Gasteiger partial charge is 0.289 e. The van der Waals surface area contributed by atoms with Crippen molar-refractivity contribution < 1.29 is 4.79 Å². The maximum Gasteiger partial charge on any atom is 0.193 e. The van der Waals surface area contributed by atoms with Crippen LogP contribution in [0.25, 0.3) is 0 Å². The van der Waals surface area contributed by atoms with Crippen LogP contribution in [0, 0.1) is 18.3 Å². The number of halogens is 1. The number of hydrogen-bond acceptors (Lipinski definition) is 1. The SMILES string of the molecule is C#C[C@@H](CCCCCl)C1c2ccccc2C(=O)c2ccccc21. The molecule has 0 saturated heterocycles. The molecule has 0 aliphatic heterocycles. The molecule has 0 bridgehead atoms. The zero-order chi connectivity index (χ0) is 16.2. The maximum absolute atomic E-state index is 12.8. The van der Waals surface area contributed by atoms with Crippen LogP contribution in [0.1, 0.15) is 52.2 Å². The highest BCUT2D eigenvalue weighted by molar-refractivity contribution is 6.17. The van der Waals surface area contributed by atoms with Crippen molar-refractivity contribution in [1.82, 2.24) is 0 Å². The fraction of sp³-hybridized carbons (Fsp3) is 0.286. The molecule has 2 heteroatoms. The molecule has 116 valence electrons. The number of rotatable bonds is 5. The molecule has 0 radical (unpaired) electrons. The van der Waals surface area contributed by atoms with Gasteiger partial charge >= 0.3 is 0 Å². The van der Waals surface area contributed by atoms with E-state index in [0.717, 1.165) is 41.5 Å². The van der Waals surface area contributed by atoms with Gasteiger partial charge in [-0.1, -0.05) is 55.0 Å². The van der Waals surface area contributed by atoms with Gasteiger partial charge in [-0.2, -0.15) is 0 Å². The average molecular weight is 323 g/mol. The number of unbranched alkanes of at least 4 members (excludes halogenated alkanes) is 1. The van der Waals surface area contributed by atoms with Gasteiger partial charge in [0, 0.05) is 28.8 Å². The van der Waals surface area contributed by atoms with Gasteiger partial charge in [0.05, 0.1) is 0 Å². The van der Waals surface area contributed by atoms with Gasteiger partial charge in [0.15, 0.2) is 5.78 Å². The minimum absolute atomic E-state index is 0.0774. The number of carbonyl (C=O) groups is 1. The Kier molecular flexibility index (Phi) is 4.84. The first kappa shape index (κ1) is 15.8. The zero-order valence-electron chi connectivity index (χ0n) is 13.0. The molecule has 23 heavy (non-hydrogen) atoms. The van der Waals surface area contributed by atoms with E-state index in [2.05, 4.69) is 5.92 Å². The molecule has 1 atom stereocenters. The van der Waals surface area contributed by atoms with E-state index >= 15 is 0 Å². The van der Waals surface area contributed by atoms with Gasteiger partial charge in [-0.15, -0.1) is 23.9 Å². The van der Waals surface area contributed by atoms with Crippen molar-refractivity contribution in [1.29, 1.82) is 0 Å². The van der Waals surface area contributed by atoms with E-state index in [1.54, 1.807) is 0 Å². The van der Waals surface area contributed by atoms with Crippen LogP contribution in [0.4, 0.5) is 0 Å². The average Bonchev–Trinajstić information content (AvgIpc) is 2.60. The van der Waals surface area contributed by atoms with Crippen molar-refractivity contribution in [2.45, 2.75) is 25.2 Å². The van der Waals surface area contributed by atoms with E-state index < -0.39 is 0 Å². The molecule has 3 rings (SSSR count). The van der Waals surface area contributed by atoms with Crippen LogP contribution in [0.5, 0.6) is 0 Å². The summed E-state index contributed by atoms with van der Waals surface area (Å²) in [5.74, 6) is 3.90. The minimum Gasteiger partial charge on any atom is -0.289 e. The molecule has 2 aromatic rings. The lowest BCUT2D eigenvalue weighted by Crippen LogP contribution is -2.24. The standard InChI is InChI=1S/C21H19ClO/c1-2-15(9-7-8-14-22)20-16-10-3-5-12-18(16)21(23)19-13-6-4-11-17(19)20/h1,3-6,10-13,15,20H,7-9,14H2/t15-/m0/s1. The summed E-state index contributed by atoms with van der Waals surface area (Å²) in [6, 6.07) is 15.7. The van der Waals surface area contributed by atoms with Crippen molar-refractivity contribution in [2.75, 3.05) is 5.88 Å². The topological polar surface area (TPSA) is 17.1 Å². The van der Waals surface area contributed by atoms with Crippen LogP contribution in [0.15, 0.2) is 48.5 Å². The summed E-state index contributed by atoms with van der Waals surface area (Å²) in [5.41, 5.74) is 3.69. The highest BCUT2D eigenvalue weighted by atomic mass is 35.5. The van der Waals surface area contributed by atoms with Gasteiger partial charge in [-0.05, 0) is 24.0 Å². The Balaban J connectivity index is 2.07. The van der Waals surface area contributed by atoms with Crippen LogP contribution in [0.3, 0.4) is 0 Å². The lowest BCUT2D eigenvalue weighted by molar-refractivity contribution is 0.103. The van der Waals surface area contributed by atoms with Crippen molar-refractivity contribution >= 4 is 17.4 Å². The Morgan fingerprint density at radius 1 is 1.00 bits per heavy atom. The normalized spacial score (nSPS) is 14.7. The highest BCUT2D eigenvalue weighted by Crippen LogP contribution is 2.42. The summed E-state index contributed by atoms with van der Waals surface area (Å²) in [5, 5.41) is 0. The number of hydrogen-bond donors (Lipinski definition) is 0. The van der Waals surface area contributed by atoms with Gasteiger partial charge in [-0.3, -0.25) is 4.79 Å². The molecular weight excluding hydrogens is 304 g/mol. The van der Waals surface area contributed by atoms with Gasteiger partial charge < -0.3 is 0 Å². The summed E-state index contributed by atoms with van der Waals surface area (Å²) in [6.45, 7) is 0. The van der Waals surface area contributed by atoms with Gasteiger partial charge in [0.2, 0.25) is 0 Å². The molecule has 0 N–H and O–H groups in total. The molecule has 0 unspecified atom stereocenters. The summed E-state index contributed by atoms with van der Waals surface area (Å²) in [7, 11) is 0. The van der Waals surface area contributed by atoms with E-state index in [0.29, 0.717) is 5.88 Å². The van der Waals surface area contributed by atoms with Crippen molar-refractivity contribution in [3.63, 3.8) is 0 Å². The number of carbonyl (C=O) groups excluding carboxylic acids is 1. The zero-order valence-corrected chi connectivity index (χ0v) is 13.7. The van der Waals surface area contributed by atoms with Crippen LogP contribution in [0.2, 0.25) is 0 Å². The van der Waals surface area contributed by atoms with Crippen molar-refractivity contribution in [2.24, 2.45) is 5.92 Å². The smallest absolute Gasteiger partial charge is 0.193 e. The van der Waals surface area contributed by atoms with Gasteiger partial charge in [0.1, 0.15) is 0 Å². The van der Waals surface area contributed by atoms with Crippen LogP contribution in [-0.2, 0) is 0 Å². The first-order valence-corrected chi connectivity index (χ1v) is 8.56. The Morgan fingerprint density at radius 3 is 2.09 bits per heavy atom. The summed E-state index contributed by atoms with van der Waals surface area (Å²) < 4.78 is 0. The van der Waals surface area contributed by atoms with Crippen LogP contribution in [-0.4, -0.2) is 11.7 Å². The molecule has 1 nitrogen and oxygen atoms in total. The molecule has 0 spiro atoms. The summed E-state index contributed by atoms with van der Waals surface area (Å²) in [4.78, 5) is 12.8. The predicted molar refractivity (Wildman–Crippen MR) is 95.1 cm³/mol. The molecule has 0 heterocycles. The van der Waals surface area contributed by atoms with E-state index in [1.165, 1.54) is 0 Å². The van der Waals surface area contributed by atoms with Crippen molar-refractivity contribution in [3.8, 4) is 12.3 Å². The van der Waals surface area contributed by atoms with Crippen LogP contribution >= 0.6 is 11.6 Å². The van der Waals surface area contributed by atoms with Gasteiger partial charge in [-0.25, -0.2) is 0 Å². The van der Waals surface area contributed by atoms with E-state index in [-0.39, 0.29) is 17.6 Å². The first-order valence-electron chi connectivity index (χ1n) is 8.02. The molecule has 0 fully saturated rings. The number of terminal acetylenes is 1. The fourth-order valence-electron chi connectivity index (χ4n) is 3.50. The number of alkyl halides is 1. The predicted octanol–water partition coefficient (Wildman–Crippen LogP) is 5.02. The lowest BCUT2D eigenvalue weighted by Gasteiger charge is -2.31. The number of fused-ring (bicyclic) bond motifs is 2. The Bertz CT molecular complexity index is 707. The monoisotopic (exact) mass is 322 g/mol. The molecule has 0 aromatic heterocycles. The number of ketones is 1. The Labute approximate surface area is 142 Å². The molecular formula is C21H19ClO. The lowest BCUT2D eigenvalue weighted by atomic mass is 9.71. The summed E-state index contributed by atoms with van der Waals surface area (Å²) >= 11 is 5.80. The fourth-order valence-corrected chi connectivity index (χ4v) is 3.69. The third-order valence-electron chi connectivity index (χ3n) is 4.60. The third-order valence-corrected chi connectivity index (χ3v) is 4.86. The molecule has 1 aliphatic carbocycles. The van der Waals surface area contributed by atoms with E-state index in [4.69, 9.17) is 18.0 Å². The van der Waals surface area contributed by atoms with Crippen molar-refractivity contribution in [3.05, 3.63) is 70.8 Å². The quantitative estimate of drug-likeness (QED) is 0.429. The van der Waals surface area contributed by atoms with Crippen LogP contribution < -0.4 is 0 Å². The minimum atomic E-state index is 0.0774. The first-order chi connectivity index (χ1) is 11.3. The highest BCUT2D eigenvalue weighted by Gasteiger charge is 2.34. The maximum atomic E-state index is 12.8. The molecule has 1 aliphatic rings. The molecule has 2 aromatic carbocycles. The second-order valence-electron chi connectivity index (χ2n) is 5.94. The third kappa shape index (κ3) is 2.92. The van der Waals surface area contributed by atoms with Gasteiger partial charge in [0.25, 0.3) is 0 Å². The second kappa shape index (κ2) is 7.02. The Morgan fingerprint density at radius 2 is 1.57 bits per heavy atom. The molecule has 0 saturated carbocycles. The van der Waals surface area contributed by atoms with E-state index in [1.807, 2.05) is 48.5 Å². The number of benzene rings is 2. The molecule has 0 amide bonds. The Hall–Kier alpha value is -2.04. The van der Waals surface area contributed by atoms with E-state index in [9.17, 15) is 4.79 Å². The summed E-state index contributed by atoms with van der Waals surface area (Å²) in [6.07, 6.45) is 8.76.